The number of nitrogens with zero attached hydrogens (tertiary/aromatic N) is 1. The second-order valence-corrected chi connectivity index (χ2v) is 11.2. The van der Waals surface area contributed by atoms with Crippen LogP contribution in [0.3, 0.4) is 0 Å². The minimum Gasteiger partial charge on any atom is -0.454 e. The highest BCUT2D eigenvalue weighted by molar-refractivity contribution is 7.91. The molecular formula is C19H20N2O4S3. The number of ether oxygens (including phenoxy) is 2. The molecular weight excluding hydrogens is 416 g/mol. The van der Waals surface area contributed by atoms with Gasteiger partial charge in [-0.05, 0) is 23.8 Å². The van der Waals surface area contributed by atoms with E-state index >= 15 is 0 Å². The van der Waals surface area contributed by atoms with E-state index in [1.54, 1.807) is 18.2 Å². The lowest BCUT2D eigenvalue weighted by molar-refractivity contribution is 0.174. The Balaban J connectivity index is 1.48. The molecule has 0 spiro atoms. The van der Waals surface area contributed by atoms with Crippen LogP contribution in [-0.4, -0.2) is 20.2 Å². The molecule has 4 rings (SSSR count). The van der Waals surface area contributed by atoms with Crippen LogP contribution in [0.2, 0.25) is 0 Å². The lowest BCUT2D eigenvalue weighted by Gasteiger charge is -2.14. The highest BCUT2D eigenvalue weighted by atomic mass is 32.2. The molecule has 6 nitrogen and oxygen atoms in total. The van der Waals surface area contributed by atoms with Crippen LogP contribution in [-0.2, 0) is 22.0 Å². The zero-order valence-corrected chi connectivity index (χ0v) is 18.1. The van der Waals surface area contributed by atoms with Gasteiger partial charge in [-0.3, -0.25) is 0 Å². The van der Waals surface area contributed by atoms with Gasteiger partial charge in [0, 0.05) is 28.3 Å². The second-order valence-electron chi connectivity index (χ2n) is 7.45. The molecule has 0 atom stereocenters. The number of hydrogen-bond donors (Lipinski definition) is 1. The van der Waals surface area contributed by atoms with E-state index in [4.69, 9.17) is 9.47 Å². The van der Waals surface area contributed by atoms with Gasteiger partial charge >= 0.3 is 0 Å². The molecule has 0 bridgehead atoms. The number of nitrogens with one attached hydrogen (secondary N) is 1. The van der Waals surface area contributed by atoms with Crippen LogP contribution in [0.1, 0.15) is 32.0 Å². The molecule has 0 saturated heterocycles. The summed E-state index contributed by atoms with van der Waals surface area (Å²) in [5, 5.41) is 4.69. The van der Waals surface area contributed by atoms with Gasteiger partial charge in [-0.15, -0.1) is 22.7 Å². The maximum absolute atomic E-state index is 12.7. The Bertz CT molecular complexity index is 1110. The normalized spacial score (nSPS) is 13.8. The lowest BCUT2D eigenvalue weighted by Crippen LogP contribution is -2.22. The number of benzene rings is 1. The standard InChI is InChI=1S/C19H20N2O4S3/c1-19(2,3)16-10-27-18(21-16)13-7-17(26-9-13)28(22,23)20-8-12-4-5-14-15(6-12)25-11-24-14/h4-7,9-10,20H,8,11H2,1-3H3. The van der Waals surface area contributed by atoms with Crippen molar-refractivity contribution in [3.63, 3.8) is 0 Å². The number of sulfonamides is 1. The highest BCUT2D eigenvalue weighted by Gasteiger charge is 2.21. The average molecular weight is 437 g/mol. The van der Waals surface area contributed by atoms with Crippen molar-refractivity contribution in [1.82, 2.24) is 9.71 Å². The average Bonchev–Trinajstić information content (AvgIpc) is 3.38. The molecule has 2 aromatic heterocycles. The Labute approximate surface area is 172 Å². The fraction of sp³-hybridized carbons (Fsp3) is 0.316. The topological polar surface area (TPSA) is 77.5 Å². The summed E-state index contributed by atoms with van der Waals surface area (Å²) in [5.41, 5.74) is 2.60. The van der Waals surface area contributed by atoms with Crippen molar-refractivity contribution in [2.75, 3.05) is 6.79 Å². The fourth-order valence-electron chi connectivity index (χ4n) is 2.62. The van der Waals surface area contributed by atoms with Crippen molar-refractivity contribution < 1.29 is 17.9 Å². The van der Waals surface area contributed by atoms with E-state index in [0.29, 0.717) is 11.5 Å². The summed E-state index contributed by atoms with van der Waals surface area (Å²) in [6, 6.07) is 7.07. The van der Waals surface area contributed by atoms with Crippen molar-refractivity contribution in [3.05, 3.63) is 46.3 Å². The van der Waals surface area contributed by atoms with Crippen LogP contribution < -0.4 is 14.2 Å². The molecule has 1 aromatic carbocycles. The third-order valence-corrected chi connectivity index (χ3v) is 8.00. The van der Waals surface area contributed by atoms with E-state index in [-0.39, 0.29) is 23.0 Å². The molecule has 9 heteroatoms. The van der Waals surface area contributed by atoms with Crippen LogP contribution in [0.4, 0.5) is 0 Å². The van der Waals surface area contributed by atoms with Gasteiger partial charge in [-0.25, -0.2) is 18.1 Å². The molecule has 0 saturated carbocycles. The smallest absolute Gasteiger partial charge is 0.250 e. The molecule has 1 aliphatic rings. The van der Waals surface area contributed by atoms with Gasteiger partial charge in [0.15, 0.2) is 11.5 Å². The maximum Gasteiger partial charge on any atom is 0.250 e. The maximum atomic E-state index is 12.7. The Morgan fingerprint density at radius 2 is 1.89 bits per heavy atom. The first-order valence-corrected chi connectivity index (χ1v) is 11.9. The van der Waals surface area contributed by atoms with E-state index in [9.17, 15) is 8.42 Å². The van der Waals surface area contributed by atoms with Crippen LogP contribution in [0.5, 0.6) is 11.5 Å². The third-order valence-electron chi connectivity index (χ3n) is 4.26. The van der Waals surface area contributed by atoms with Gasteiger partial charge < -0.3 is 9.47 Å². The predicted octanol–water partition coefficient (Wildman–Crippen LogP) is 4.38. The lowest BCUT2D eigenvalue weighted by atomic mass is 9.93. The molecule has 0 unspecified atom stereocenters. The molecule has 3 heterocycles. The van der Waals surface area contributed by atoms with E-state index in [1.165, 1.54) is 22.7 Å². The summed E-state index contributed by atoms with van der Waals surface area (Å²) < 4.78 is 38.9. The van der Waals surface area contributed by atoms with Crippen molar-refractivity contribution >= 4 is 32.7 Å². The minimum absolute atomic E-state index is 0.0359. The number of aromatic nitrogens is 1. The van der Waals surface area contributed by atoms with Crippen molar-refractivity contribution in [3.8, 4) is 22.1 Å². The van der Waals surface area contributed by atoms with Crippen LogP contribution in [0.25, 0.3) is 10.6 Å². The Morgan fingerprint density at radius 1 is 1.11 bits per heavy atom. The van der Waals surface area contributed by atoms with Crippen LogP contribution >= 0.6 is 22.7 Å². The van der Waals surface area contributed by atoms with Crippen molar-refractivity contribution in [2.24, 2.45) is 0 Å². The van der Waals surface area contributed by atoms with Gasteiger partial charge in [0.1, 0.15) is 9.22 Å². The van der Waals surface area contributed by atoms with Crippen LogP contribution in [0.15, 0.2) is 39.2 Å². The minimum atomic E-state index is -3.61. The largest absolute Gasteiger partial charge is 0.454 e. The molecule has 0 amide bonds. The third kappa shape index (κ3) is 3.93. The molecule has 148 valence electrons. The van der Waals surface area contributed by atoms with E-state index in [1.807, 2.05) is 16.8 Å². The number of thiazole rings is 1. The van der Waals surface area contributed by atoms with Gasteiger partial charge in [-0.2, -0.15) is 0 Å². The highest BCUT2D eigenvalue weighted by Crippen LogP contribution is 2.34. The van der Waals surface area contributed by atoms with Crippen LogP contribution in [0, 0.1) is 0 Å². The van der Waals surface area contributed by atoms with Gasteiger partial charge in [0.25, 0.3) is 0 Å². The first kappa shape index (κ1) is 19.4. The second kappa shape index (κ2) is 7.14. The molecule has 0 radical (unpaired) electrons. The van der Waals surface area contributed by atoms with Gasteiger partial charge in [0.05, 0.1) is 5.69 Å². The molecule has 0 fully saturated rings. The van der Waals surface area contributed by atoms with Crippen molar-refractivity contribution in [1.29, 1.82) is 0 Å². The SMILES string of the molecule is CC(C)(C)c1csc(-c2csc(S(=O)(=O)NCc3ccc4c(c3)OCO4)c2)n1. The summed E-state index contributed by atoms with van der Waals surface area (Å²) in [6.07, 6.45) is 0. The number of rotatable bonds is 5. The van der Waals surface area contributed by atoms with Gasteiger partial charge in [-0.1, -0.05) is 26.8 Å². The first-order chi connectivity index (χ1) is 13.2. The quantitative estimate of drug-likeness (QED) is 0.642. The first-order valence-electron chi connectivity index (χ1n) is 8.65. The molecule has 1 aliphatic heterocycles. The summed E-state index contributed by atoms with van der Waals surface area (Å²) in [7, 11) is -3.61. The molecule has 0 aliphatic carbocycles. The molecule has 1 N–H and O–H groups in total. The van der Waals surface area contributed by atoms with E-state index in [2.05, 4.69) is 30.5 Å². The summed E-state index contributed by atoms with van der Waals surface area (Å²) in [4.78, 5) is 4.66. The zero-order valence-electron chi connectivity index (χ0n) is 15.7. The summed E-state index contributed by atoms with van der Waals surface area (Å²) >= 11 is 2.72. The summed E-state index contributed by atoms with van der Waals surface area (Å²) in [5.74, 6) is 1.31. The number of thiophene rings is 1. The van der Waals surface area contributed by atoms with E-state index < -0.39 is 10.0 Å². The van der Waals surface area contributed by atoms with E-state index in [0.717, 1.165) is 21.8 Å². The number of hydrogen-bond acceptors (Lipinski definition) is 7. The fourth-order valence-corrected chi connectivity index (χ4v) is 5.96. The Morgan fingerprint density at radius 3 is 2.64 bits per heavy atom. The Hall–Kier alpha value is -1.94. The Kier molecular flexibility index (Phi) is 4.95. The molecule has 28 heavy (non-hydrogen) atoms. The zero-order chi connectivity index (χ0) is 19.9. The predicted molar refractivity (Wildman–Crippen MR) is 111 cm³/mol. The monoisotopic (exact) mass is 436 g/mol. The van der Waals surface area contributed by atoms with Crippen molar-refractivity contribution in [2.45, 2.75) is 36.9 Å². The number of fused-ring (bicyclic) bond motifs is 1. The summed E-state index contributed by atoms with van der Waals surface area (Å²) in [6.45, 7) is 6.69. The molecule has 3 aromatic rings. The van der Waals surface area contributed by atoms with Gasteiger partial charge in [0.2, 0.25) is 16.8 Å².